The van der Waals surface area contributed by atoms with E-state index in [9.17, 15) is 9.59 Å². The topological polar surface area (TPSA) is 90.6 Å². The van der Waals surface area contributed by atoms with Gasteiger partial charge in [-0.25, -0.2) is 0 Å². The molecule has 2 aromatic rings. The van der Waals surface area contributed by atoms with E-state index in [0.717, 1.165) is 6.42 Å². The number of rotatable bonds is 8. The zero-order valence-electron chi connectivity index (χ0n) is 15.2. The predicted molar refractivity (Wildman–Crippen MR) is 101 cm³/mol. The first kappa shape index (κ1) is 19.3. The van der Waals surface area contributed by atoms with Gasteiger partial charge in [0.05, 0.1) is 25.0 Å². The molecule has 0 bridgehead atoms. The third kappa shape index (κ3) is 4.99. The average Bonchev–Trinajstić information content (AvgIpc) is 2.61. The van der Waals surface area contributed by atoms with E-state index in [1.54, 1.807) is 42.5 Å². The summed E-state index contributed by atoms with van der Waals surface area (Å²) >= 11 is 0. The number of anilines is 1. The van der Waals surface area contributed by atoms with Crippen molar-refractivity contribution < 1.29 is 19.1 Å². The Morgan fingerprint density at radius 3 is 2.50 bits per heavy atom. The van der Waals surface area contributed by atoms with Gasteiger partial charge in [-0.3, -0.25) is 9.59 Å². The Morgan fingerprint density at radius 2 is 1.85 bits per heavy atom. The van der Waals surface area contributed by atoms with E-state index in [4.69, 9.17) is 15.2 Å². The summed E-state index contributed by atoms with van der Waals surface area (Å²) in [6, 6.07) is 11.5. The molecule has 0 aliphatic rings. The zero-order valence-corrected chi connectivity index (χ0v) is 15.2. The molecule has 0 atom stereocenters. The Bertz CT molecular complexity index is 787. The molecule has 2 aromatic carbocycles. The fourth-order valence-corrected chi connectivity index (χ4v) is 2.33. The van der Waals surface area contributed by atoms with Crippen molar-refractivity contribution in [3.63, 3.8) is 0 Å². The van der Waals surface area contributed by atoms with Crippen LogP contribution in [0.15, 0.2) is 42.5 Å². The molecule has 2 amide bonds. The van der Waals surface area contributed by atoms with Crippen molar-refractivity contribution >= 4 is 17.5 Å². The molecule has 0 aliphatic heterocycles. The Labute approximate surface area is 153 Å². The van der Waals surface area contributed by atoms with Crippen LogP contribution in [0.4, 0.5) is 5.69 Å². The molecule has 0 saturated carbocycles. The number of hydrogen-bond donors (Lipinski definition) is 2. The van der Waals surface area contributed by atoms with Crippen LogP contribution in [0.5, 0.6) is 11.5 Å². The SMILES string of the molecule is COc1cc(C(=O)Nc2ccccc2C(N)=O)ccc1OCCC(C)C. The first-order chi connectivity index (χ1) is 12.4. The molecule has 6 nitrogen and oxygen atoms in total. The molecule has 3 N–H and O–H groups in total. The van der Waals surface area contributed by atoms with Gasteiger partial charge in [-0.1, -0.05) is 26.0 Å². The highest BCUT2D eigenvalue weighted by molar-refractivity contribution is 6.08. The second kappa shape index (κ2) is 8.89. The Morgan fingerprint density at radius 1 is 1.12 bits per heavy atom. The molecule has 0 aromatic heterocycles. The summed E-state index contributed by atoms with van der Waals surface area (Å²) in [6.45, 7) is 4.82. The number of hydrogen-bond acceptors (Lipinski definition) is 4. The number of carbonyl (C=O) groups is 2. The lowest BCUT2D eigenvalue weighted by molar-refractivity contribution is 0.100. The molecule has 6 heteroatoms. The minimum atomic E-state index is -0.604. The van der Waals surface area contributed by atoms with Crippen LogP contribution in [0.1, 0.15) is 41.0 Å². The van der Waals surface area contributed by atoms with Gasteiger partial charge < -0.3 is 20.5 Å². The molecule has 26 heavy (non-hydrogen) atoms. The summed E-state index contributed by atoms with van der Waals surface area (Å²) in [5, 5.41) is 2.70. The van der Waals surface area contributed by atoms with Crippen LogP contribution in [0.3, 0.4) is 0 Å². The highest BCUT2D eigenvalue weighted by atomic mass is 16.5. The number of methoxy groups -OCH3 is 1. The highest BCUT2D eigenvalue weighted by Gasteiger charge is 2.14. The molecule has 0 radical (unpaired) electrons. The number of para-hydroxylation sites is 1. The van der Waals surface area contributed by atoms with Crippen LogP contribution in [0.2, 0.25) is 0 Å². The van der Waals surface area contributed by atoms with Crippen LogP contribution < -0.4 is 20.5 Å². The van der Waals surface area contributed by atoms with E-state index in [2.05, 4.69) is 19.2 Å². The maximum Gasteiger partial charge on any atom is 0.255 e. The predicted octanol–water partition coefficient (Wildman–Crippen LogP) is 3.47. The number of benzene rings is 2. The smallest absolute Gasteiger partial charge is 0.255 e. The summed E-state index contributed by atoms with van der Waals surface area (Å²) in [4.78, 5) is 24.0. The molecular weight excluding hydrogens is 332 g/mol. The maximum absolute atomic E-state index is 12.5. The van der Waals surface area contributed by atoms with Gasteiger partial charge in [0.2, 0.25) is 0 Å². The fraction of sp³-hybridized carbons (Fsp3) is 0.300. The normalized spacial score (nSPS) is 10.5. The molecule has 0 fully saturated rings. The van der Waals surface area contributed by atoms with Gasteiger partial charge in [0.1, 0.15) is 0 Å². The standard InChI is InChI=1S/C20H24N2O4/c1-13(2)10-11-26-17-9-8-14(12-18(17)25-3)20(24)22-16-7-5-4-6-15(16)19(21)23/h4-9,12-13H,10-11H2,1-3H3,(H2,21,23)(H,22,24). The lowest BCUT2D eigenvalue weighted by atomic mass is 10.1. The van der Waals surface area contributed by atoms with Gasteiger partial charge in [-0.2, -0.15) is 0 Å². The largest absolute Gasteiger partial charge is 0.493 e. The van der Waals surface area contributed by atoms with Gasteiger partial charge >= 0.3 is 0 Å². The lowest BCUT2D eigenvalue weighted by Gasteiger charge is -2.13. The third-order valence-corrected chi connectivity index (χ3v) is 3.82. The van der Waals surface area contributed by atoms with Crippen molar-refractivity contribution in [3.05, 3.63) is 53.6 Å². The van der Waals surface area contributed by atoms with Gasteiger partial charge in [-0.05, 0) is 42.7 Å². The monoisotopic (exact) mass is 356 g/mol. The lowest BCUT2D eigenvalue weighted by Crippen LogP contribution is -2.18. The first-order valence-corrected chi connectivity index (χ1v) is 8.43. The quantitative estimate of drug-likeness (QED) is 0.758. The Balaban J connectivity index is 2.16. The van der Waals surface area contributed by atoms with Crippen molar-refractivity contribution in [1.29, 1.82) is 0 Å². The zero-order chi connectivity index (χ0) is 19.1. The number of nitrogens with one attached hydrogen (secondary N) is 1. The third-order valence-electron chi connectivity index (χ3n) is 3.82. The van der Waals surface area contributed by atoms with Crippen LogP contribution in [-0.2, 0) is 0 Å². The maximum atomic E-state index is 12.5. The molecule has 0 heterocycles. The van der Waals surface area contributed by atoms with Gasteiger partial charge in [0.15, 0.2) is 11.5 Å². The molecule has 0 unspecified atom stereocenters. The summed E-state index contributed by atoms with van der Waals surface area (Å²) in [5.41, 5.74) is 6.34. The van der Waals surface area contributed by atoms with Gasteiger partial charge in [-0.15, -0.1) is 0 Å². The second-order valence-corrected chi connectivity index (χ2v) is 6.26. The van der Waals surface area contributed by atoms with Crippen molar-refractivity contribution in [3.8, 4) is 11.5 Å². The average molecular weight is 356 g/mol. The van der Waals surface area contributed by atoms with Crippen LogP contribution in [0.25, 0.3) is 0 Å². The van der Waals surface area contributed by atoms with Gasteiger partial charge in [0, 0.05) is 5.56 Å². The first-order valence-electron chi connectivity index (χ1n) is 8.43. The summed E-state index contributed by atoms with van der Waals surface area (Å²) in [6.07, 6.45) is 0.926. The molecular formula is C20H24N2O4. The molecule has 0 saturated heterocycles. The molecule has 138 valence electrons. The van der Waals surface area contributed by atoms with Crippen molar-refractivity contribution in [2.75, 3.05) is 19.0 Å². The van der Waals surface area contributed by atoms with E-state index in [1.165, 1.54) is 7.11 Å². The van der Waals surface area contributed by atoms with Crippen LogP contribution >= 0.6 is 0 Å². The minimum Gasteiger partial charge on any atom is -0.493 e. The van der Waals surface area contributed by atoms with E-state index < -0.39 is 5.91 Å². The molecule has 0 aliphatic carbocycles. The van der Waals surface area contributed by atoms with E-state index in [0.29, 0.717) is 35.3 Å². The van der Waals surface area contributed by atoms with Crippen molar-refractivity contribution in [2.45, 2.75) is 20.3 Å². The number of ether oxygens (including phenoxy) is 2. The summed E-state index contributed by atoms with van der Waals surface area (Å²) in [5.74, 6) is 0.626. The minimum absolute atomic E-state index is 0.251. The van der Waals surface area contributed by atoms with Crippen molar-refractivity contribution in [2.24, 2.45) is 11.7 Å². The fourth-order valence-electron chi connectivity index (χ4n) is 2.33. The Kier molecular flexibility index (Phi) is 6.60. The van der Waals surface area contributed by atoms with E-state index in [1.807, 2.05) is 0 Å². The molecule has 2 rings (SSSR count). The van der Waals surface area contributed by atoms with Crippen LogP contribution in [-0.4, -0.2) is 25.5 Å². The van der Waals surface area contributed by atoms with Crippen LogP contribution in [0, 0.1) is 5.92 Å². The number of nitrogens with two attached hydrogens (primary N) is 1. The van der Waals surface area contributed by atoms with Crippen molar-refractivity contribution in [1.82, 2.24) is 0 Å². The van der Waals surface area contributed by atoms with Gasteiger partial charge in [0.25, 0.3) is 11.8 Å². The summed E-state index contributed by atoms with van der Waals surface area (Å²) in [7, 11) is 1.52. The highest BCUT2D eigenvalue weighted by Crippen LogP contribution is 2.29. The second-order valence-electron chi connectivity index (χ2n) is 6.26. The number of primary amides is 1. The molecule has 0 spiro atoms. The summed E-state index contributed by atoms with van der Waals surface area (Å²) < 4.78 is 11.1. The Hall–Kier alpha value is -3.02. The van der Waals surface area contributed by atoms with E-state index in [-0.39, 0.29) is 11.5 Å². The number of amides is 2. The van der Waals surface area contributed by atoms with E-state index >= 15 is 0 Å². The number of carbonyl (C=O) groups excluding carboxylic acids is 2.